The summed E-state index contributed by atoms with van der Waals surface area (Å²) in [6.45, 7) is 6.31. The van der Waals surface area contributed by atoms with Crippen molar-refractivity contribution >= 4 is 17.9 Å². The molecule has 1 atom stereocenters. The predicted octanol–water partition coefficient (Wildman–Crippen LogP) is 16.6. The summed E-state index contributed by atoms with van der Waals surface area (Å²) in [5.41, 5.74) is 0. The minimum Gasteiger partial charge on any atom is -0.462 e. The van der Waals surface area contributed by atoms with Crippen molar-refractivity contribution in [1.29, 1.82) is 0 Å². The Morgan fingerprint density at radius 1 is 0.361 bits per heavy atom. The maximum atomic E-state index is 12.8. The van der Waals surface area contributed by atoms with E-state index in [1.807, 2.05) is 6.08 Å². The van der Waals surface area contributed by atoms with Crippen molar-refractivity contribution in [3.63, 3.8) is 0 Å². The molecule has 6 nitrogen and oxygen atoms in total. The molecule has 0 aliphatic rings. The van der Waals surface area contributed by atoms with E-state index in [0.29, 0.717) is 12.8 Å². The minimum atomic E-state index is -0.815. The van der Waals surface area contributed by atoms with Gasteiger partial charge in [-0.3, -0.25) is 14.4 Å². The van der Waals surface area contributed by atoms with E-state index in [-0.39, 0.29) is 31.6 Å². The lowest BCUT2D eigenvalue weighted by Crippen LogP contribution is -2.30. The van der Waals surface area contributed by atoms with E-state index >= 15 is 0 Å². The molecule has 0 aromatic heterocycles. The van der Waals surface area contributed by atoms with E-state index < -0.39 is 12.1 Å². The number of ether oxygens (including phenoxy) is 3. The molecule has 0 bridgehead atoms. The molecule has 0 aliphatic heterocycles. The SMILES string of the molecule is CC/C=C\C/C=C\C/C=C\CCCCCCCCC(=O)OC(COC(=O)C/C=C\C/C=C\C/C=C\CC)COC(=O)CCCCCCCCCCCCCCCCCCCC. The van der Waals surface area contributed by atoms with E-state index in [1.165, 1.54) is 109 Å². The molecule has 0 radical (unpaired) electrons. The molecule has 0 fully saturated rings. The van der Waals surface area contributed by atoms with Crippen molar-refractivity contribution in [1.82, 2.24) is 0 Å². The summed E-state index contributed by atoms with van der Waals surface area (Å²) in [6.07, 6.45) is 62.1. The van der Waals surface area contributed by atoms with Gasteiger partial charge in [0.2, 0.25) is 0 Å². The molecule has 1 unspecified atom stereocenters. The molecule has 0 amide bonds. The zero-order chi connectivity index (χ0) is 44.4. The van der Waals surface area contributed by atoms with Crippen LogP contribution in [0.3, 0.4) is 0 Å². The average Bonchev–Trinajstić information content (AvgIpc) is 3.26. The second-order valence-corrected chi connectivity index (χ2v) is 16.7. The molecule has 61 heavy (non-hydrogen) atoms. The van der Waals surface area contributed by atoms with Gasteiger partial charge in [0.1, 0.15) is 13.2 Å². The molecule has 0 spiro atoms. The van der Waals surface area contributed by atoms with Gasteiger partial charge in [0.15, 0.2) is 6.10 Å². The van der Waals surface area contributed by atoms with Crippen LogP contribution in [0.2, 0.25) is 0 Å². The third-order valence-corrected chi connectivity index (χ3v) is 10.7. The number of allylic oxidation sites excluding steroid dienone is 11. The Kier molecular flexibility index (Phi) is 46.9. The van der Waals surface area contributed by atoms with Gasteiger partial charge < -0.3 is 14.2 Å². The highest BCUT2D eigenvalue weighted by molar-refractivity contribution is 5.72. The van der Waals surface area contributed by atoms with E-state index in [1.54, 1.807) is 6.08 Å². The molecule has 0 aromatic rings. The fraction of sp³-hybridized carbons (Fsp3) is 0.727. The maximum Gasteiger partial charge on any atom is 0.309 e. The minimum absolute atomic E-state index is 0.106. The fourth-order valence-electron chi connectivity index (χ4n) is 6.99. The Balaban J connectivity index is 4.36. The van der Waals surface area contributed by atoms with Crippen molar-refractivity contribution in [3.8, 4) is 0 Å². The predicted molar refractivity (Wildman–Crippen MR) is 261 cm³/mol. The fourth-order valence-corrected chi connectivity index (χ4v) is 6.99. The van der Waals surface area contributed by atoms with Crippen molar-refractivity contribution in [3.05, 3.63) is 72.9 Å². The Labute approximate surface area is 376 Å². The van der Waals surface area contributed by atoms with Crippen LogP contribution in [0, 0.1) is 0 Å². The average molecular weight is 851 g/mol. The van der Waals surface area contributed by atoms with Crippen molar-refractivity contribution in [2.24, 2.45) is 0 Å². The molecule has 6 heteroatoms. The lowest BCUT2D eigenvalue weighted by Gasteiger charge is -2.18. The summed E-state index contributed by atoms with van der Waals surface area (Å²) in [5, 5.41) is 0. The quantitative estimate of drug-likeness (QED) is 0.0263. The Morgan fingerprint density at radius 2 is 0.705 bits per heavy atom. The number of carbonyl (C=O) groups is 3. The Hall–Kier alpha value is -3.15. The topological polar surface area (TPSA) is 78.9 Å². The van der Waals surface area contributed by atoms with Crippen molar-refractivity contribution in [2.75, 3.05) is 13.2 Å². The number of hydrogen-bond donors (Lipinski definition) is 0. The number of carbonyl (C=O) groups excluding carboxylic acids is 3. The van der Waals surface area contributed by atoms with Gasteiger partial charge in [-0.25, -0.2) is 0 Å². The lowest BCUT2D eigenvalue weighted by atomic mass is 10.0. The molecule has 0 saturated heterocycles. The number of rotatable bonds is 45. The molecule has 0 rings (SSSR count). The normalized spacial score (nSPS) is 12.6. The van der Waals surface area contributed by atoms with E-state index in [2.05, 4.69) is 81.5 Å². The molecule has 0 aliphatic carbocycles. The first kappa shape index (κ1) is 57.9. The smallest absolute Gasteiger partial charge is 0.309 e. The highest BCUT2D eigenvalue weighted by Crippen LogP contribution is 2.15. The highest BCUT2D eigenvalue weighted by atomic mass is 16.6. The van der Waals surface area contributed by atoms with E-state index in [9.17, 15) is 14.4 Å². The molecular formula is C55H94O6. The largest absolute Gasteiger partial charge is 0.462 e. The third-order valence-electron chi connectivity index (χ3n) is 10.7. The molecule has 0 heterocycles. The number of unbranched alkanes of at least 4 members (excludes halogenated alkanes) is 23. The zero-order valence-electron chi connectivity index (χ0n) is 39.9. The highest BCUT2D eigenvalue weighted by Gasteiger charge is 2.19. The van der Waals surface area contributed by atoms with Crippen LogP contribution in [0.25, 0.3) is 0 Å². The van der Waals surface area contributed by atoms with Crippen LogP contribution in [-0.4, -0.2) is 37.2 Å². The van der Waals surface area contributed by atoms with Crippen LogP contribution in [0.4, 0.5) is 0 Å². The third kappa shape index (κ3) is 47.7. The van der Waals surface area contributed by atoms with E-state index in [4.69, 9.17) is 14.2 Å². The van der Waals surface area contributed by atoms with E-state index in [0.717, 1.165) is 89.9 Å². The van der Waals surface area contributed by atoms with Crippen LogP contribution in [0.1, 0.15) is 239 Å². The standard InChI is InChI=1S/C55H94O6/c1-4-7-10-13-16-19-21-23-25-27-28-30-31-33-36-39-42-45-48-54(57)60-51-52(50-59-53(56)47-44-41-38-35-18-15-12-9-6-3)61-55(58)49-46-43-40-37-34-32-29-26-24-22-20-17-14-11-8-5-2/h8-9,11-12,17-18,20,24,26,35,41,44,52H,4-7,10,13-16,19,21-23,25,27-34,36-40,42-43,45-51H2,1-3H3/b11-8-,12-9-,20-17-,26-24-,35-18-,44-41-. The lowest BCUT2D eigenvalue weighted by molar-refractivity contribution is -0.166. The summed E-state index contributed by atoms with van der Waals surface area (Å²) in [7, 11) is 0. The first-order valence-electron chi connectivity index (χ1n) is 25.4. The van der Waals surface area contributed by atoms with Gasteiger partial charge in [-0.2, -0.15) is 0 Å². The molecule has 350 valence electrons. The Bertz CT molecular complexity index is 1160. The van der Waals surface area contributed by atoms with Crippen LogP contribution in [0.5, 0.6) is 0 Å². The van der Waals surface area contributed by atoms with Crippen molar-refractivity contribution < 1.29 is 28.6 Å². The number of hydrogen-bond acceptors (Lipinski definition) is 6. The second-order valence-electron chi connectivity index (χ2n) is 16.7. The second kappa shape index (κ2) is 49.5. The van der Waals surface area contributed by atoms with Crippen LogP contribution < -0.4 is 0 Å². The van der Waals surface area contributed by atoms with Gasteiger partial charge in [-0.15, -0.1) is 0 Å². The Morgan fingerprint density at radius 3 is 1.15 bits per heavy atom. The van der Waals surface area contributed by atoms with Gasteiger partial charge in [0.05, 0.1) is 6.42 Å². The summed E-state index contributed by atoms with van der Waals surface area (Å²) in [6, 6.07) is 0. The molecule has 0 N–H and O–H groups in total. The monoisotopic (exact) mass is 851 g/mol. The first-order chi connectivity index (χ1) is 30.0. The molecule has 0 saturated carbocycles. The van der Waals surface area contributed by atoms with Gasteiger partial charge in [0, 0.05) is 12.8 Å². The molecule has 0 aromatic carbocycles. The molecular weight excluding hydrogens is 757 g/mol. The number of esters is 3. The summed E-state index contributed by atoms with van der Waals surface area (Å²) in [4.78, 5) is 37.8. The van der Waals surface area contributed by atoms with Gasteiger partial charge in [-0.05, 0) is 64.2 Å². The van der Waals surface area contributed by atoms with Crippen molar-refractivity contribution in [2.45, 2.75) is 245 Å². The van der Waals surface area contributed by atoms with Crippen LogP contribution in [0.15, 0.2) is 72.9 Å². The zero-order valence-corrected chi connectivity index (χ0v) is 39.9. The van der Waals surface area contributed by atoms with Crippen LogP contribution >= 0.6 is 0 Å². The van der Waals surface area contributed by atoms with Gasteiger partial charge in [-0.1, -0.05) is 229 Å². The first-order valence-corrected chi connectivity index (χ1v) is 25.4. The summed E-state index contributed by atoms with van der Waals surface area (Å²) in [5.74, 6) is -1.05. The van der Waals surface area contributed by atoms with Crippen LogP contribution in [-0.2, 0) is 28.6 Å². The van der Waals surface area contributed by atoms with Gasteiger partial charge in [0.25, 0.3) is 0 Å². The van der Waals surface area contributed by atoms with Gasteiger partial charge >= 0.3 is 17.9 Å². The summed E-state index contributed by atoms with van der Waals surface area (Å²) >= 11 is 0. The maximum absolute atomic E-state index is 12.8. The summed E-state index contributed by atoms with van der Waals surface area (Å²) < 4.78 is 16.6.